The van der Waals surface area contributed by atoms with Gasteiger partial charge >= 0.3 is 6.09 Å². The number of carbonyl (C=O) groups is 1. The van der Waals surface area contributed by atoms with Gasteiger partial charge in [0, 0.05) is 28.9 Å². The number of fused-ring (bicyclic) bond motifs is 2. The van der Waals surface area contributed by atoms with Crippen LogP contribution in [0.1, 0.15) is 34.7 Å². The minimum Gasteiger partial charge on any atom is -0.503 e. The first-order valence-corrected chi connectivity index (χ1v) is 10.2. The van der Waals surface area contributed by atoms with Gasteiger partial charge in [-0.25, -0.2) is 9.79 Å². The molecule has 3 heterocycles. The summed E-state index contributed by atoms with van der Waals surface area (Å²) in [5.41, 5.74) is 8.63. The predicted molar refractivity (Wildman–Crippen MR) is 120 cm³/mol. The minimum atomic E-state index is -0.617. The van der Waals surface area contributed by atoms with Gasteiger partial charge in [-0.05, 0) is 24.1 Å². The van der Waals surface area contributed by atoms with Gasteiger partial charge in [0.25, 0.3) is 0 Å². The van der Waals surface area contributed by atoms with Crippen LogP contribution in [-0.4, -0.2) is 41.4 Å². The first kappa shape index (κ1) is 20.1. The largest absolute Gasteiger partial charge is 0.503 e. The van der Waals surface area contributed by atoms with Crippen molar-refractivity contribution in [2.75, 3.05) is 14.2 Å². The molecule has 1 atom stereocenters. The Morgan fingerprint density at radius 1 is 1.34 bits per heavy atom. The monoisotopic (exact) mass is 453 g/mol. The van der Waals surface area contributed by atoms with Gasteiger partial charge in [-0.3, -0.25) is 15.8 Å². The molecule has 0 saturated carbocycles. The maximum Gasteiger partial charge on any atom is 0.413 e. The average Bonchev–Trinajstić information content (AvgIpc) is 3.16. The molecule has 4 N–H and O–H groups in total. The van der Waals surface area contributed by atoms with Crippen LogP contribution < -0.4 is 15.5 Å². The van der Waals surface area contributed by atoms with E-state index in [0.717, 1.165) is 33.8 Å². The molecule has 2 aliphatic heterocycles. The number of halogens is 1. The van der Waals surface area contributed by atoms with Crippen molar-refractivity contribution in [1.82, 2.24) is 20.7 Å². The topological polar surface area (TPSA) is 111 Å². The number of guanidine groups is 1. The fourth-order valence-corrected chi connectivity index (χ4v) is 4.45. The molecule has 1 unspecified atom stereocenters. The predicted octanol–water partition coefficient (Wildman–Crippen LogP) is 3.66. The van der Waals surface area contributed by atoms with Crippen molar-refractivity contribution in [3.63, 3.8) is 0 Å². The van der Waals surface area contributed by atoms with Crippen LogP contribution in [0.25, 0.3) is 11.8 Å². The number of aromatic nitrogens is 1. The molecule has 0 radical (unpaired) electrons. The molecule has 1 aromatic heterocycles. The molecule has 164 valence electrons. The molecule has 0 spiro atoms. The quantitative estimate of drug-likeness (QED) is 0.552. The summed E-state index contributed by atoms with van der Waals surface area (Å²) in [4.78, 5) is 19.3. The van der Waals surface area contributed by atoms with Crippen molar-refractivity contribution in [3.05, 3.63) is 69.8 Å². The molecule has 9 nitrogen and oxygen atoms in total. The molecule has 1 amide bonds. The Hall–Kier alpha value is -3.85. The van der Waals surface area contributed by atoms with Gasteiger partial charge in [-0.2, -0.15) is 0 Å². The van der Waals surface area contributed by atoms with Crippen molar-refractivity contribution >= 4 is 35.4 Å². The molecule has 0 bridgehead atoms. The highest BCUT2D eigenvalue weighted by Gasteiger charge is 2.34. The van der Waals surface area contributed by atoms with Crippen LogP contribution in [0.5, 0.6) is 11.5 Å². The number of rotatable bonds is 2. The van der Waals surface area contributed by atoms with Gasteiger partial charge in [0.2, 0.25) is 5.96 Å². The van der Waals surface area contributed by atoms with Gasteiger partial charge in [-0.15, -0.1) is 0 Å². The zero-order valence-corrected chi connectivity index (χ0v) is 18.0. The van der Waals surface area contributed by atoms with Crippen molar-refractivity contribution < 1.29 is 19.4 Å². The van der Waals surface area contributed by atoms with E-state index in [0.29, 0.717) is 12.2 Å². The molecule has 5 rings (SSSR count). The van der Waals surface area contributed by atoms with E-state index in [9.17, 15) is 9.90 Å². The second-order valence-electron chi connectivity index (χ2n) is 7.36. The van der Waals surface area contributed by atoms with Gasteiger partial charge in [0.05, 0.1) is 36.8 Å². The number of hydrazine groups is 1. The molecular weight excluding hydrogens is 434 g/mol. The Labute approximate surface area is 188 Å². The summed E-state index contributed by atoms with van der Waals surface area (Å²) in [5, 5.41) is 15.1. The van der Waals surface area contributed by atoms with Crippen molar-refractivity contribution in [2.45, 2.75) is 12.3 Å². The van der Waals surface area contributed by atoms with E-state index < -0.39 is 6.09 Å². The number of phenols is 1. The number of carbonyl (C=O) groups excluding carboxylic acids is 1. The highest BCUT2D eigenvalue weighted by atomic mass is 35.5. The molecule has 10 heteroatoms. The number of aromatic hydroxyl groups is 1. The van der Waals surface area contributed by atoms with Crippen LogP contribution in [0.3, 0.4) is 0 Å². The Bertz CT molecular complexity index is 1240. The van der Waals surface area contributed by atoms with Crippen molar-refractivity contribution in [2.24, 2.45) is 4.99 Å². The van der Waals surface area contributed by atoms with Crippen molar-refractivity contribution in [1.29, 1.82) is 0 Å². The molecular formula is C22H20ClN5O4. The number of amides is 1. The lowest BCUT2D eigenvalue weighted by Gasteiger charge is -2.34. The number of benzene rings is 1. The van der Waals surface area contributed by atoms with E-state index in [-0.39, 0.29) is 22.6 Å². The minimum absolute atomic E-state index is 0.0726. The lowest BCUT2D eigenvalue weighted by atomic mass is 9.84. The molecule has 1 aliphatic carbocycles. The summed E-state index contributed by atoms with van der Waals surface area (Å²) in [5.74, 6) is 0.422. The third-order valence-electron chi connectivity index (χ3n) is 5.68. The Morgan fingerprint density at radius 2 is 2.19 bits per heavy atom. The molecule has 0 saturated heterocycles. The molecule has 1 aromatic carbocycles. The number of nitrogens with one attached hydrogen (secondary N) is 3. The van der Waals surface area contributed by atoms with Crippen LogP contribution in [0.4, 0.5) is 4.79 Å². The number of H-pyrrole nitrogens is 1. The lowest BCUT2D eigenvalue weighted by Crippen LogP contribution is -2.50. The second-order valence-corrected chi connectivity index (χ2v) is 7.74. The summed E-state index contributed by atoms with van der Waals surface area (Å²) in [6.45, 7) is 0. The zero-order chi connectivity index (χ0) is 22.4. The van der Waals surface area contributed by atoms with E-state index in [4.69, 9.17) is 16.3 Å². The Morgan fingerprint density at radius 3 is 2.97 bits per heavy atom. The number of methoxy groups -OCH3 is 2. The maximum absolute atomic E-state index is 11.6. The zero-order valence-electron chi connectivity index (χ0n) is 17.3. The Balaban J connectivity index is 1.54. The number of hydrogen-bond acceptors (Lipinski definition) is 7. The fourth-order valence-electron chi connectivity index (χ4n) is 4.17. The summed E-state index contributed by atoms with van der Waals surface area (Å²) in [6.07, 6.45) is 9.66. The number of phenolic OH excluding ortho intramolecular Hbond substituents is 1. The van der Waals surface area contributed by atoms with Gasteiger partial charge in [0.1, 0.15) is 0 Å². The number of aliphatic imine (C=N–C) groups is 1. The number of aromatic amines is 1. The van der Waals surface area contributed by atoms with Gasteiger partial charge < -0.3 is 19.6 Å². The standard InChI is InChI=1S/C22H20ClN5O4/c1-31-16-8-6-13(18(23)20(16)29)14-5-7-15-17-11(9-24-19(14)17)3-4-12-10-25-21(27-28(12)15)26-22(30)32-2/h3-4,6-10,14,24,29H,5H2,1-2H3,(H2,25,26,27,30). The van der Waals surface area contributed by atoms with E-state index >= 15 is 0 Å². The van der Waals surface area contributed by atoms with E-state index in [1.165, 1.54) is 14.2 Å². The molecule has 32 heavy (non-hydrogen) atoms. The number of allylic oxidation sites excluding steroid dienone is 2. The van der Waals surface area contributed by atoms with Crippen LogP contribution in [0, 0.1) is 0 Å². The molecule has 3 aliphatic rings. The van der Waals surface area contributed by atoms with Crippen LogP contribution in [0.2, 0.25) is 5.02 Å². The smallest absolute Gasteiger partial charge is 0.413 e. The third-order valence-corrected chi connectivity index (χ3v) is 6.08. The second kappa shape index (κ2) is 7.69. The molecule has 0 fully saturated rings. The highest BCUT2D eigenvalue weighted by molar-refractivity contribution is 6.33. The average molecular weight is 454 g/mol. The van der Waals surface area contributed by atoms with Crippen LogP contribution in [-0.2, 0) is 4.74 Å². The van der Waals surface area contributed by atoms with E-state index in [1.807, 2.05) is 29.4 Å². The Kier molecular flexibility index (Phi) is 4.82. The first-order valence-electron chi connectivity index (χ1n) is 9.86. The number of alkyl carbamates (subject to hydrolysis) is 1. The van der Waals surface area contributed by atoms with E-state index in [2.05, 4.69) is 31.5 Å². The highest BCUT2D eigenvalue weighted by Crippen LogP contribution is 2.47. The van der Waals surface area contributed by atoms with Gasteiger partial charge in [0.15, 0.2) is 11.5 Å². The van der Waals surface area contributed by atoms with E-state index in [1.54, 1.807) is 12.3 Å². The molecule has 2 aromatic rings. The summed E-state index contributed by atoms with van der Waals surface area (Å²) in [6, 6.07) is 3.59. The number of nitrogens with zero attached hydrogens (tertiary/aromatic N) is 2. The maximum atomic E-state index is 11.6. The third kappa shape index (κ3) is 3.09. The SMILES string of the molecule is COC(=O)NC1=NC=C2C=Cc3c[nH]c4c3C(=CCC4c3ccc(OC)c(O)c3Cl)N2N1. The summed E-state index contributed by atoms with van der Waals surface area (Å²) in [7, 11) is 2.78. The summed E-state index contributed by atoms with van der Waals surface area (Å²) >= 11 is 6.51. The normalized spacial score (nSPS) is 18.3. The van der Waals surface area contributed by atoms with Gasteiger partial charge in [-0.1, -0.05) is 29.8 Å². The fraction of sp³-hybridized carbons (Fsp3) is 0.182. The lowest BCUT2D eigenvalue weighted by molar-refractivity contribution is 0.176. The van der Waals surface area contributed by atoms with Crippen molar-refractivity contribution in [3.8, 4) is 11.5 Å². The summed E-state index contributed by atoms with van der Waals surface area (Å²) < 4.78 is 9.83. The number of ether oxygens (including phenoxy) is 2. The van der Waals surface area contributed by atoms with Crippen LogP contribution in [0.15, 0.2) is 47.4 Å². The first-order chi connectivity index (χ1) is 15.5. The van der Waals surface area contributed by atoms with Crippen LogP contribution >= 0.6 is 11.6 Å². The number of hydrogen-bond donors (Lipinski definition) is 4.